The van der Waals surface area contributed by atoms with Crippen molar-refractivity contribution in [2.45, 2.75) is 19.8 Å². The highest BCUT2D eigenvalue weighted by molar-refractivity contribution is 6.43. The third kappa shape index (κ3) is 3.74. The largest absolute Gasteiger partial charge is 0.455 e. The molecule has 0 aliphatic rings. The third-order valence-corrected chi connectivity index (χ3v) is 4.26. The van der Waals surface area contributed by atoms with E-state index in [0.717, 1.165) is 0 Å². The van der Waals surface area contributed by atoms with Crippen molar-refractivity contribution >= 4 is 35.3 Å². The Balaban J connectivity index is 1.76. The van der Waals surface area contributed by atoms with E-state index in [1.165, 1.54) is 6.21 Å². The van der Waals surface area contributed by atoms with Crippen LogP contribution in [0, 0.1) is 11.3 Å². The number of furan rings is 1. The number of aromatic nitrogens is 1. The maximum absolute atomic E-state index is 9.10. The van der Waals surface area contributed by atoms with Crippen LogP contribution in [0.5, 0.6) is 0 Å². The summed E-state index contributed by atoms with van der Waals surface area (Å²) in [6, 6.07) is 10.8. The smallest absolute Gasteiger partial charge is 0.252 e. The number of hydrazone groups is 1. The average molecular weight is 389 g/mol. The molecule has 0 amide bonds. The van der Waals surface area contributed by atoms with Crippen molar-refractivity contribution in [3.8, 4) is 17.4 Å². The molecule has 26 heavy (non-hydrogen) atoms. The molecule has 0 spiro atoms. The van der Waals surface area contributed by atoms with Crippen molar-refractivity contribution in [3.63, 3.8) is 0 Å². The van der Waals surface area contributed by atoms with E-state index in [1.807, 2.05) is 26.0 Å². The summed E-state index contributed by atoms with van der Waals surface area (Å²) in [5.41, 5.74) is 3.51. The zero-order valence-corrected chi connectivity index (χ0v) is 15.5. The SMILES string of the molecule is CC(C)c1nc(C#N)c(N/N=C/c2ccc(-c3cccc(Cl)c3Cl)o2)o1. The Morgan fingerprint density at radius 2 is 2.04 bits per heavy atom. The molecule has 0 bridgehead atoms. The molecule has 3 aromatic rings. The summed E-state index contributed by atoms with van der Waals surface area (Å²) in [7, 11) is 0. The van der Waals surface area contributed by atoms with Gasteiger partial charge in [0.15, 0.2) is 0 Å². The number of oxazole rings is 1. The predicted molar refractivity (Wildman–Crippen MR) is 101 cm³/mol. The number of nitrogens with one attached hydrogen (secondary N) is 1. The average Bonchev–Trinajstić information content (AvgIpc) is 3.24. The second-order valence-corrected chi connectivity index (χ2v) is 6.45. The summed E-state index contributed by atoms with van der Waals surface area (Å²) in [4.78, 5) is 4.10. The Morgan fingerprint density at radius 1 is 1.23 bits per heavy atom. The lowest BCUT2D eigenvalue weighted by molar-refractivity contribution is 0.481. The highest BCUT2D eigenvalue weighted by Crippen LogP contribution is 2.34. The molecule has 0 saturated carbocycles. The molecule has 0 atom stereocenters. The van der Waals surface area contributed by atoms with Gasteiger partial charge in [-0.1, -0.05) is 43.1 Å². The van der Waals surface area contributed by atoms with E-state index >= 15 is 0 Å². The fourth-order valence-corrected chi connectivity index (χ4v) is 2.54. The van der Waals surface area contributed by atoms with Crippen molar-refractivity contribution in [2.24, 2.45) is 5.10 Å². The Kier molecular flexibility index (Phi) is 5.31. The van der Waals surface area contributed by atoms with Crippen molar-refractivity contribution in [2.75, 3.05) is 5.43 Å². The van der Waals surface area contributed by atoms with Crippen LogP contribution in [0.15, 0.2) is 44.3 Å². The van der Waals surface area contributed by atoms with E-state index in [2.05, 4.69) is 15.5 Å². The number of halogens is 2. The molecule has 0 unspecified atom stereocenters. The lowest BCUT2D eigenvalue weighted by atomic mass is 10.2. The number of rotatable bonds is 5. The van der Waals surface area contributed by atoms with Gasteiger partial charge in [-0.2, -0.15) is 10.4 Å². The number of nitriles is 1. The van der Waals surface area contributed by atoms with Gasteiger partial charge in [0.05, 0.1) is 16.3 Å². The maximum atomic E-state index is 9.10. The molecule has 2 aromatic heterocycles. The molecular weight excluding hydrogens is 375 g/mol. The molecule has 0 radical (unpaired) electrons. The summed E-state index contributed by atoms with van der Waals surface area (Å²) in [6.45, 7) is 3.84. The van der Waals surface area contributed by atoms with Crippen LogP contribution in [0.4, 0.5) is 5.88 Å². The van der Waals surface area contributed by atoms with Gasteiger partial charge in [-0.05, 0) is 24.3 Å². The molecule has 0 saturated heterocycles. The number of hydrogen-bond donors (Lipinski definition) is 1. The van der Waals surface area contributed by atoms with Crippen LogP contribution in [-0.4, -0.2) is 11.2 Å². The lowest BCUT2D eigenvalue weighted by Gasteiger charge is -2.01. The van der Waals surface area contributed by atoms with Crippen LogP contribution in [0.1, 0.15) is 37.1 Å². The molecule has 132 valence electrons. The van der Waals surface area contributed by atoms with Crippen LogP contribution >= 0.6 is 23.2 Å². The van der Waals surface area contributed by atoms with Gasteiger partial charge in [0.2, 0.25) is 11.6 Å². The van der Waals surface area contributed by atoms with Gasteiger partial charge in [0.25, 0.3) is 5.88 Å². The minimum atomic E-state index is 0.0664. The molecule has 0 aliphatic heterocycles. The Bertz CT molecular complexity index is 999. The molecule has 8 heteroatoms. The number of anilines is 1. The quantitative estimate of drug-likeness (QED) is 0.448. The second-order valence-electron chi connectivity index (χ2n) is 5.67. The molecule has 3 rings (SSSR count). The Morgan fingerprint density at radius 3 is 2.77 bits per heavy atom. The molecule has 0 fully saturated rings. The first-order valence-electron chi connectivity index (χ1n) is 7.73. The van der Waals surface area contributed by atoms with Gasteiger partial charge >= 0.3 is 0 Å². The number of nitrogens with zero attached hydrogens (tertiary/aromatic N) is 3. The highest BCUT2D eigenvalue weighted by atomic mass is 35.5. The topological polar surface area (TPSA) is 87.4 Å². The minimum absolute atomic E-state index is 0.0664. The molecule has 1 aromatic carbocycles. The monoisotopic (exact) mass is 388 g/mol. The van der Waals surface area contributed by atoms with Crippen molar-refractivity contribution in [1.82, 2.24) is 4.98 Å². The Hall–Kier alpha value is -2.75. The summed E-state index contributed by atoms with van der Waals surface area (Å²) in [6.07, 6.45) is 1.46. The minimum Gasteiger partial charge on any atom is -0.455 e. The molecule has 2 heterocycles. The van der Waals surface area contributed by atoms with Gasteiger partial charge in [0.1, 0.15) is 17.6 Å². The van der Waals surface area contributed by atoms with Crippen LogP contribution < -0.4 is 5.43 Å². The van der Waals surface area contributed by atoms with Crippen LogP contribution in [0.2, 0.25) is 10.0 Å². The van der Waals surface area contributed by atoms with Gasteiger partial charge in [-0.25, -0.2) is 10.4 Å². The number of hydrogen-bond acceptors (Lipinski definition) is 6. The maximum Gasteiger partial charge on any atom is 0.252 e. The van der Waals surface area contributed by atoms with Gasteiger partial charge < -0.3 is 8.83 Å². The summed E-state index contributed by atoms with van der Waals surface area (Å²) >= 11 is 12.2. The number of benzene rings is 1. The van der Waals surface area contributed by atoms with E-state index in [1.54, 1.807) is 24.3 Å². The zero-order valence-electron chi connectivity index (χ0n) is 14.0. The van der Waals surface area contributed by atoms with Crippen LogP contribution in [-0.2, 0) is 0 Å². The van der Waals surface area contributed by atoms with Crippen molar-refractivity contribution < 1.29 is 8.83 Å². The van der Waals surface area contributed by atoms with Gasteiger partial charge in [-0.3, -0.25) is 0 Å². The normalized spacial score (nSPS) is 11.2. The molecular formula is C18H14Cl2N4O2. The van der Waals surface area contributed by atoms with E-state index < -0.39 is 0 Å². The molecule has 1 N–H and O–H groups in total. The van der Waals surface area contributed by atoms with Crippen LogP contribution in [0.3, 0.4) is 0 Å². The first-order chi connectivity index (χ1) is 12.5. The molecule has 0 aliphatic carbocycles. The van der Waals surface area contributed by atoms with E-state index in [-0.39, 0.29) is 17.5 Å². The predicted octanol–water partition coefficient (Wildman–Crippen LogP) is 5.68. The lowest BCUT2D eigenvalue weighted by Crippen LogP contribution is -1.90. The second kappa shape index (κ2) is 7.65. The first-order valence-corrected chi connectivity index (χ1v) is 8.49. The van der Waals surface area contributed by atoms with Gasteiger partial charge in [-0.15, -0.1) is 0 Å². The highest BCUT2D eigenvalue weighted by Gasteiger charge is 2.15. The van der Waals surface area contributed by atoms with Gasteiger partial charge in [0, 0.05) is 11.5 Å². The fraction of sp³-hybridized carbons (Fsp3) is 0.167. The molecule has 6 nitrogen and oxygen atoms in total. The first kappa shape index (κ1) is 18.1. The standard InChI is InChI=1S/C18H14Cl2N4O2/c1-10(2)17-23-14(8-21)18(26-17)24-22-9-11-6-7-15(25-11)12-4-3-5-13(19)16(12)20/h3-7,9-10,24H,1-2H3/b22-9+. The Labute approximate surface area is 160 Å². The van der Waals surface area contributed by atoms with E-state index in [9.17, 15) is 0 Å². The van der Waals surface area contributed by atoms with Crippen molar-refractivity contribution in [3.05, 3.63) is 57.7 Å². The summed E-state index contributed by atoms with van der Waals surface area (Å²) in [5.74, 6) is 1.79. The van der Waals surface area contributed by atoms with Crippen LogP contribution in [0.25, 0.3) is 11.3 Å². The third-order valence-electron chi connectivity index (χ3n) is 3.45. The fourth-order valence-electron chi connectivity index (χ4n) is 2.15. The van der Waals surface area contributed by atoms with Crippen molar-refractivity contribution in [1.29, 1.82) is 5.26 Å². The van der Waals surface area contributed by atoms with E-state index in [0.29, 0.717) is 33.0 Å². The summed E-state index contributed by atoms with van der Waals surface area (Å²) in [5, 5.41) is 14.0. The van der Waals surface area contributed by atoms with E-state index in [4.69, 9.17) is 37.3 Å². The summed E-state index contributed by atoms with van der Waals surface area (Å²) < 4.78 is 11.2. The zero-order chi connectivity index (χ0) is 18.7.